The van der Waals surface area contributed by atoms with Gasteiger partial charge in [-0.3, -0.25) is 0 Å². The van der Waals surface area contributed by atoms with Crippen LogP contribution in [0.25, 0.3) is 0 Å². The maximum absolute atomic E-state index is 11.1. The van der Waals surface area contributed by atoms with Crippen LogP contribution in [-0.2, 0) is 19.1 Å². The Morgan fingerprint density at radius 1 is 1.00 bits per heavy atom. The highest BCUT2D eigenvalue weighted by Crippen LogP contribution is 2.20. The molecule has 126 valence electrons. The van der Waals surface area contributed by atoms with Gasteiger partial charge in [-0.1, -0.05) is 32.9 Å². The zero-order valence-corrected chi connectivity index (χ0v) is 14.3. The fraction of sp³-hybridized carbons (Fsp3) is 0.667. The predicted molar refractivity (Wildman–Crippen MR) is 88.5 cm³/mol. The van der Waals surface area contributed by atoms with E-state index in [1.165, 1.54) is 19.3 Å². The SMILES string of the molecule is C=C(C)C(=O)OC1CCCCC1.C=C(C)C(=O)OCCCC. The first-order chi connectivity index (χ1) is 10.4. The van der Waals surface area contributed by atoms with Gasteiger partial charge in [0.15, 0.2) is 0 Å². The summed E-state index contributed by atoms with van der Waals surface area (Å²) in [6.07, 6.45) is 7.84. The molecule has 0 radical (unpaired) electrons. The lowest BCUT2D eigenvalue weighted by Crippen LogP contribution is -2.20. The van der Waals surface area contributed by atoms with Crippen molar-refractivity contribution in [3.63, 3.8) is 0 Å². The van der Waals surface area contributed by atoms with Crippen LogP contribution in [0.4, 0.5) is 0 Å². The lowest BCUT2D eigenvalue weighted by molar-refractivity contribution is -0.145. The highest BCUT2D eigenvalue weighted by molar-refractivity contribution is 5.87. The van der Waals surface area contributed by atoms with Gasteiger partial charge in [0.1, 0.15) is 6.10 Å². The first-order valence-electron chi connectivity index (χ1n) is 8.07. The van der Waals surface area contributed by atoms with E-state index in [9.17, 15) is 9.59 Å². The lowest BCUT2D eigenvalue weighted by Gasteiger charge is -2.21. The molecule has 0 heterocycles. The Kier molecular flexibility index (Phi) is 11.2. The molecule has 1 rings (SSSR count). The van der Waals surface area contributed by atoms with Gasteiger partial charge in [-0.2, -0.15) is 0 Å². The minimum atomic E-state index is -0.284. The maximum atomic E-state index is 11.1. The van der Waals surface area contributed by atoms with E-state index >= 15 is 0 Å². The molecule has 22 heavy (non-hydrogen) atoms. The van der Waals surface area contributed by atoms with Crippen molar-refractivity contribution in [2.75, 3.05) is 6.61 Å². The van der Waals surface area contributed by atoms with Gasteiger partial charge in [0.25, 0.3) is 0 Å². The average Bonchev–Trinajstić information content (AvgIpc) is 2.48. The summed E-state index contributed by atoms with van der Waals surface area (Å²) in [6, 6.07) is 0. The van der Waals surface area contributed by atoms with Crippen molar-refractivity contribution in [2.45, 2.75) is 71.8 Å². The van der Waals surface area contributed by atoms with Crippen LogP contribution in [0.2, 0.25) is 0 Å². The van der Waals surface area contributed by atoms with Crippen LogP contribution in [0.1, 0.15) is 65.7 Å². The van der Waals surface area contributed by atoms with Crippen LogP contribution in [0.3, 0.4) is 0 Å². The van der Waals surface area contributed by atoms with Gasteiger partial charge in [0.2, 0.25) is 0 Å². The highest BCUT2D eigenvalue weighted by Gasteiger charge is 2.17. The van der Waals surface area contributed by atoms with Crippen molar-refractivity contribution in [3.8, 4) is 0 Å². The Balaban J connectivity index is 0.000000409. The number of hydrogen-bond donors (Lipinski definition) is 0. The summed E-state index contributed by atoms with van der Waals surface area (Å²) in [5.74, 6) is -0.518. The summed E-state index contributed by atoms with van der Waals surface area (Å²) in [5, 5.41) is 0. The molecule has 0 atom stereocenters. The molecular weight excluding hydrogens is 280 g/mol. The molecular formula is C18H30O4. The molecule has 0 aromatic rings. The summed E-state index contributed by atoms with van der Waals surface area (Å²) in [5.41, 5.74) is 0.969. The third-order valence-electron chi connectivity index (χ3n) is 3.25. The number of carbonyl (C=O) groups excluding carboxylic acids is 2. The van der Waals surface area contributed by atoms with E-state index in [-0.39, 0.29) is 18.0 Å². The molecule has 0 N–H and O–H groups in total. The van der Waals surface area contributed by atoms with Crippen LogP contribution >= 0.6 is 0 Å². The van der Waals surface area contributed by atoms with Crippen LogP contribution in [0.5, 0.6) is 0 Å². The van der Waals surface area contributed by atoms with E-state index < -0.39 is 0 Å². The topological polar surface area (TPSA) is 52.6 Å². The largest absolute Gasteiger partial charge is 0.462 e. The molecule has 0 aromatic carbocycles. The van der Waals surface area contributed by atoms with E-state index in [0.717, 1.165) is 25.7 Å². The summed E-state index contributed by atoms with van der Waals surface area (Å²) < 4.78 is 10.0. The van der Waals surface area contributed by atoms with Gasteiger partial charge in [-0.05, 0) is 46.0 Å². The number of esters is 2. The number of unbranched alkanes of at least 4 members (excludes halogenated alkanes) is 1. The molecule has 0 bridgehead atoms. The summed E-state index contributed by atoms with van der Waals surface area (Å²) in [6.45, 7) is 12.9. The second kappa shape index (κ2) is 12.0. The van der Waals surface area contributed by atoms with Crippen molar-refractivity contribution < 1.29 is 19.1 Å². The van der Waals surface area contributed by atoms with Crippen LogP contribution < -0.4 is 0 Å². The fourth-order valence-corrected chi connectivity index (χ4v) is 1.87. The van der Waals surface area contributed by atoms with Crippen molar-refractivity contribution in [1.82, 2.24) is 0 Å². The van der Waals surface area contributed by atoms with E-state index in [0.29, 0.717) is 17.8 Å². The molecule has 1 aliphatic rings. The zero-order chi connectivity index (χ0) is 17.0. The molecule has 1 saturated carbocycles. The number of rotatable bonds is 6. The van der Waals surface area contributed by atoms with Crippen LogP contribution in [0.15, 0.2) is 24.3 Å². The monoisotopic (exact) mass is 310 g/mol. The first-order valence-corrected chi connectivity index (χ1v) is 8.07. The molecule has 0 unspecified atom stereocenters. The molecule has 0 amide bonds. The third-order valence-corrected chi connectivity index (χ3v) is 3.25. The molecule has 1 fully saturated rings. The Hall–Kier alpha value is -1.58. The van der Waals surface area contributed by atoms with Crippen molar-refractivity contribution in [3.05, 3.63) is 24.3 Å². The van der Waals surface area contributed by atoms with E-state index in [4.69, 9.17) is 9.47 Å². The number of ether oxygens (including phenoxy) is 2. The van der Waals surface area contributed by atoms with E-state index in [1.54, 1.807) is 13.8 Å². The summed E-state index contributed by atoms with van der Waals surface area (Å²) in [4.78, 5) is 21.8. The van der Waals surface area contributed by atoms with Gasteiger partial charge in [-0.25, -0.2) is 9.59 Å². The second-order valence-electron chi connectivity index (χ2n) is 5.72. The quantitative estimate of drug-likeness (QED) is 0.416. The van der Waals surface area contributed by atoms with Crippen LogP contribution in [0, 0.1) is 0 Å². The number of carbonyl (C=O) groups is 2. The van der Waals surface area contributed by atoms with Gasteiger partial charge >= 0.3 is 11.9 Å². The molecule has 1 aliphatic carbocycles. The van der Waals surface area contributed by atoms with E-state index in [1.807, 2.05) is 0 Å². The van der Waals surface area contributed by atoms with Gasteiger partial charge in [0, 0.05) is 11.1 Å². The molecule has 0 aromatic heterocycles. The first kappa shape index (κ1) is 20.4. The van der Waals surface area contributed by atoms with Gasteiger partial charge < -0.3 is 9.47 Å². The molecule has 0 aliphatic heterocycles. The Morgan fingerprint density at radius 2 is 1.55 bits per heavy atom. The van der Waals surface area contributed by atoms with Crippen molar-refractivity contribution in [1.29, 1.82) is 0 Å². The minimum absolute atomic E-state index is 0.156. The summed E-state index contributed by atoms with van der Waals surface area (Å²) >= 11 is 0. The van der Waals surface area contributed by atoms with Gasteiger partial charge in [0.05, 0.1) is 6.61 Å². The fourth-order valence-electron chi connectivity index (χ4n) is 1.87. The minimum Gasteiger partial charge on any atom is -0.462 e. The number of hydrogen-bond acceptors (Lipinski definition) is 4. The molecule has 4 nitrogen and oxygen atoms in total. The van der Waals surface area contributed by atoms with E-state index in [2.05, 4.69) is 20.1 Å². The standard InChI is InChI=1S/C10H16O2.C8H14O2/c1-8(2)10(11)12-9-6-4-3-5-7-9;1-4-5-6-10-8(9)7(2)3/h9H,1,3-7H2,2H3;2,4-6H2,1,3H3. The average molecular weight is 310 g/mol. The zero-order valence-electron chi connectivity index (χ0n) is 14.3. The summed E-state index contributed by atoms with van der Waals surface area (Å²) in [7, 11) is 0. The normalized spacial score (nSPS) is 14.3. The van der Waals surface area contributed by atoms with Gasteiger partial charge in [-0.15, -0.1) is 0 Å². The highest BCUT2D eigenvalue weighted by atomic mass is 16.5. The van der Waals surface area contributed by atoms with Crippen molar-refractivity contribution >= 4 is 11.9 Å². The molecule has 4 heteroatoms. The maximum Gasteiger partial charge on any atom is 0.333 e. The van der Waals surface area contributed by atoms with Crippen LogP contribution in [-0.4, -0.2) is 24.6 Å². The Labute approximate surface area is 134 Å². The molecule has 0 spiro atoms. The lowest BCUT2D eigenvalue weighted by atomic mass is 9.98. The smallest absolute Gasteiger partial charge is 0.333 e. The third kappa shape index (κ3) is 10.2. The molecule has 0 saturated heterocycles. The Bertz CT molecular complexity index is 379. The predicted octanol–water partition coefficient (Wildman–Crippen LogP) is 4.34. The second-order valence-corrected chi connectivity index (χ2v) is 5.72. The van der Waals surface area contributed by atoms with Crippen molar-refractivity contribution in [2.24, 2.45) is 0 Å². The Morgan fingerprint density at radius 3 is 2.00 bits per heavy atom.